The number of hydrogen-bond acceptors (Lipinski definition) is 2. The third kappa shape index (κ3) is 2.92. The van der Waals surface area contributed by atoms with E-state index >= 15 is 0 Å². The summed E-state index contributed by atoms with van der Waals surface area (Å²) in [6.45, 7) is 2.09. The Kier molecular flexibility index (Phi) is 3.55. The van der Waals surface area contributed by atoms with Gasteiger partial charge in [-0.1, -0.05) is 35.9 Å². The lowest BCUT2D eigenvalue weighted by Crippen LogP contribution is -2.08. The number of nitrogens with one attached hydrogen (secondary N) is 1. The van der Waals surface area contributed by atoms with Crippen molar-refractivity contribution >= 4 is 23.0 Å². The molecule has 2 nitrogen and oxygen atoms in total. The van der Waals surface area contributed by atoms with E-state index in [1.165, 1.54) is 5.56 Å². The highest BCUT2D eigenvalue weighted by atomic mass is 35.5. The lowest BCUT2D eigenvalue weighted by Gasteiger charge is -2.17. The maximum absolute atomic E-state index is 5.89. The van der Waals surface area contributed by atoms with E-state index in [0.717, 1.165) is 16.4 Å². The monoisotopic (exact) mass is 246 g/mol. The third-order valence-corrected chi connectivity index (χ3v) is 2.95. The molecule has 0 bridgehead atoms. The van der Waals surface area contributed by atoms with Crippen LogP contribution in [0.25, 0.3) is 0 Å². The standard InChI is InChI=1S/C14H15ClN2/c1-10(11-6-8-12(15)9-7-11)17-14-5-3-2-4-13(14)16/h2-10,17H,16H2,1H3. The fourth-order valence-corrected chi connectivity index (χ4v) is 1.82. The first-order valence-corrected chi connectivity index (χ1v) is 5.91. The summed E-state index contributed by atoms with van der Waals surface area (Å²) in [6, 6.07) is 15.8. The van der Waals surface area contributed by atoms with Crippen molar-refractivity contribution in [3.05, 3.63) is 59.1 Å². The van der Waals surface area contributed by atoms with Crippen LogP contribution in [0.3, 0.4) is 0 Å². The molecule has 0 fully saturated rings. The summed E-state index contributed by atoms with van der Waals surface area (Å²) in [5.74, 6) is 0. The van der Waals surface area contributed by atoms with Crippen molar-refractivity contribution < 1.29 is 0 Å². The molecule has 0 aliphatic heterocycles. The van der Waals surface area contributed by atoms with Crippen LogP contribution in [0.2, 0.25) is 5.02 Å². The van der Waals surface area contributed by atoms with Crippen LogP contribution in [0.5, 0.6) is 0 Å². The SMILES string of the molecule is CC(Nc1ccccc1N)c1ccc(Cl)cc1. The van der Waals surface area contributed by atoms with Crippen molar-refractivity contribution in [1.82, 2.24) is 0 Å². The second-order valence-corrected chi connectivity index (χ2v) is 4.44. The van der Waals surface area contributed by atoms with Crippen LogP contribution in [-0.4, -0.2) is 0 Å². The van der Waals surface area contributed by atoms with Crippen LogP contribution in [0, 0.1) is 0 Å². The van der Waals surface area contributed by atoms with Crippen molar-refractivity contribution in [1.29, 1.82) is 0 Å². The molecule has 1 unspecified atom stereocenters. The van der Waals surface area contributed by atoms with Crippen molar-refractivity contribution in [2.24, 2.45) is 0 Å². The van der Waals surface area contributed by atoms with Crippen molar-refractivity contribution in [3.63, 3.8) is 0 Å². The van der Waals surface area contributed by atoms with Crippen LogP contribution in [0.1, 0.15) is 18.5 Å². The van der Waals surface area contributed by atoms with Gasteiger partial charge in [0, 0.05) is 11.1 Å². The van der Waals surface area contributed by atoms with Gasteiger partial charge in [-0.05, 0) is 36.8 Å². The summed E-state index contributed by atoms with van der Waals surface area (Å²) in [6.07, 6.45) is 0. The molecule has 0 aromatic heterocycles. The van der Waals surface area contributed by atoms with Gasteiger partial charge < -0.3 is 11.1 Å². The van der Waals surface area contributed by atoms with Gasteiger partial charge in [0.25, 0.3) is 0 Å². The Balaban J connectivity index is 2.14. The maximum Gasteiger partial charge on any atom is 0.0578 e. The molecular weight excluding hydrogens is 232 g/mol. The zero-order valence-corrected chi connectivity index (χ0v) is 10.4. The molecule has 1 atom stereocenters. The van der Waals surface area contributed by atoms with Gasteiger partial charge in [-0.25, -0.2) is 0 Å². The predicted octanol–water partition coefficient (Wildman–Crippen LogP) is 4.10. The lowest BCUT2D eigenvalue weighted by atomic mass is 10.1. The molecule has 3 heteroatoms. The topological polar surface area (TPSA) is 38.0 Å². The smallest absolute Gasteiger partial charge is 0.0578 e. The van der Waals surface area contributed by atoms with E-state index in [0.29, 0.717) is 0 Å². The summed E-state index contributed by atoms with van der Waals surface area (Å²) in [4.78, 5) is 0. The Morgan fingerprint density at radius 3 is 2.35 bits per heavy atom. The fourth-order valence-electron chi connectivity index (χ4n) is 1.70. The number of para-hydroxylation sites is 2. The first-order chi connectivity index (χ1) is 8.16. The normalized spacial score (nSPS) is 12.1. The van der Waals surface area contributed by atoms with E-state index in [1.54, 1.807) is 0 Å². The van der Waals surface area contributed by atoms with Gasteiger partial charge in [-0.15, -0.1) is 0 Å². The number of halogens is 1. The van der Waals surface area contributed by atoms with Gasteiger partial charge in [0.15, 0.2) is 0 Å². The molecule has 0 amide bonds. The lowest BCUT2D eigenvalue weighted by molar-refractivity contribution is 0.885. The number of nitrogen functional groups attached to an aromatic ring is 1. The van der Waals surface area contributed by atoms with Crippen molar-refractivity contribution in [3.8, 4) is 0 Å². The molecular formula is C14H15ClN2. The highest BCUT2D eigenvalue weighted by Gasteiger charge is 2.06. The van der Waals surface area contributed by atoms with Gasteiger partial charge >= 0.3 is 0 Å². The Morgan fingerprint density at radius 2 is 1.71 bits per heavy atom. The van der Waals surface area contributed by atoms with E-state index in [4.69, 9.17) is 17.3 Å². The first-order valence-electron chi connectivity index (χ1n) is 5.53. The largest absolute Gasteiger partial charge is 0.397 e. The minimum atomic E-state index is 0.192. The average Bonchev–Trinajstić information content (AvgIpc) is 2.33. The van der Waals surface area contributed by atoms with Crippen molar-refractivity contribution in [2.75, 3.05) is 11.1 Å². The number of nitrogens with two attached hydrogens (primary N) is 1. The summed E-state index contributed by atoms with van der Waals surface area (Å²) >= 11 is 5.86. The van der Waals surface area contributed by atoms with Gasteiger partial charge in [-0.2, -0.15) is 0 Å². The molecule has 17 heavy (non-hydrogen) atoms. The summed E-state index contributed by atoms with van der Waals surface area (Å²) in [5.41, 5.74) is 8.78. The summed E-state index contributed by atoms with van der Waals surface area (Å²) in [5, 5.41) is 4.13. The van der Waals surface area contributed by atoms with E-state index in [1.807, 2.05) is 48.5 Å². The van der Waals surface area contributed by atoms with E-state index in [9.17, 15) is 0 Å². The minimum Gasteiger partial charge on any atom is -0.397 e. The van der Waals surface area contributed by atoms with E-state index in [2.05, 4.69) is 12.2 Å². The quantitative estimate of drug-likeness (QED) is 0.801. The second kappa shape index (κ2) is 5.11. The molecule has 0 aliphatic carbocycles. The average molecular weight is 247 g/mol. The zero-order valence-electron chi connectivity index (χ0n) is 9.65. The Morgan fingerprint density at radius 1 is 1.06 bits per heavy atom. The van der Waals surface area contributed by atoms with Crippen LogP contribution >= 0.6 is 11.6 Å². The molecule has 2 aromatic carbocycles. The molecule has 3 N–H and O–H groups in total. The fraction of sp³-hybridized carbons (Fsp3) is 0.143. The van der Waals surface area contributed by atoms with Gasteiger partial charge in [-0.3, -0.25) is 0 Å². The van der Waals surface area contributed by atoms with Gasteiger partial charge in [0.1, 0.15) is 0 Å². The minimum absolute atomic E-state index is 0.192. The zero-order chi connectivity index (χ0) is 12.3. The summed E-state index contributed by atoms with van der Waals surface area (Å²) < 4.78 is 0. The van der Waals surface area contributed by atoms with Crippen molar-refractivity contribution in [2.45, 2.75) is 13.0 Å². The van der Waals surface area contributed by atoms with Crippen LogP contribution < -0.4 is 11.1 Å². The van der Waals surface area contributed by atoms with Crippen LogP contribution in [0.4, 0.5) is 11.4 Å². The Labute approximate surface area is 106 Å². The molecule has 0 aliphatic rings. The van der Waals surface area contributed by atoms with Crippen LogP contribution in [-0.2, 0) is 0 Å². The summed E-state index contributed by atoms with van der Waals surface area (Å²) in [7, 11) is 0. The van der Waals surface area contributed by atoms with E-state index < -0.39 is 0 Å². The number of hydrogen-bond donors (Lipinski definition) is 2. The van der Waals surface area contributed by atoms with E-state index in [-0.39, 0.29) is 6.04 Å². The predicted molar refractivity (Wildman–Crippen MR) is 74.3 cm³/mol. The highest BCUT2D eigenvalue weighted by molar-refractivity contribution is 6.30. The first kappa shape index (κ1) is 11.8. The third-order valence-electron chi connectivity index (χ3n) is 2.70. The molecule has 88 valence electrons. The van der Waals surface area contributed by atoms with Gasteiger partial charge in [0.2, 0.25) is 0 Å². The maximum atomic E-state index is 5.89. The number of benzene rings is 2. The molecule has 2 rings (SSSR count). The molecule has 0 saturated carbocycles. The Hall–Kier alpha value is -1.67. The molecule has 0 saturated heterocycles. The number of rotatable bonds is 3. The van der Waals surface area contributed by atoms with Gasteiger partial charge in [0.05, 0.1) is 11.4 Å². The molecule has 0 heterocycles. The highest BCUT2D eigenvalue weighted by Crippen LogP contribution is 2.24. The molecule has 0 spiro atoms. The Bertz CT molecular complexity index is 494. The van der Waals surface area contributed by atoms with Crippen LogP contribution in [0.15, 0.2) is 48.5 Å². The molecule has 0 radical (unpaired) electrons. The molecule has 2 aromatic rings. The number of anilines is 2. The second-order valence-electron chi connectivity index (χ2n) is 4.00.